The first-order valence-electron chi connectivity index (χ1n) is 7.42. The van der Waals surface area contributed by atoms with Crippen LogP contribution in [0, 0.1) is 6.92 Å². The molecule has 2 aromatic rings. The summed E-state index contributed by atoms with van der Waals surface area (Å²) in [6.45, 7) is 4.11. The van der Waals surface area contributed by atoms with Crippen LogP contribution in [-0.4, -0.2) is 26.9 Å². The first kappa shape index (κ1) is 14.0. The van der Waals surface area contributed by atoms with Gasteiger partial charge >= 0.3 is 0 Å². The third-order valence-electron chi connectivity index (χ3n) is 4.52. The number of nitrogens with one attached hydrogen (secondary N) is 1. The Kier molecular flexibility index (Phi) is 4.03. The molecule has 0 saturated heterocycles. The van der Waals surface area contributed by atoms with Gasteiger partial charge in [0.25, 0.3) is 0 Å². The summed E-state index contributed by atoms with van der Waals surface area (Å²) in [4.78, 5) is 4.62. The molecule has 1 N–H and O–H groups in total. The molecule has 108 valence electrons. The zero-order valence-electron chi connectivity index (χ0n) is 12.4. The molecule has 0 unspecified atom stereocenters. The Bertz CT molecular complexity index is 584. The molecule has 0 aliphatic heterocycles. The molecule has 1 fully saturated rings. The summed E-state index contributed by atoms with van der Waals surface area (Å²) in [5.41, 5.74) is 3.46. The predicted octanol–water partition coefficient (Wildman–Crippen LogP) is 3.41. The highest BCUT2D eigenvalue weighted by Gasteiger charge is 2.32. The molecule has 0 amide bonds. The number of nitrogens with zero attached hydrogens (tertiary/aromatic N) is 2. The third kappa shape index (κ3) is 2.59. The van der Waals surface area contributed by atoms with Gasteiger partial charge in [-0.15, -0.1) is 0 Å². The van der Waals surface area contributed by atoms with E-state index in [2.05, 4.69) is 46.2 Å². The average Bonchev–Trinajstić information content (AvgIpc) is 3.05. The van der Waals surface area contributed by atoms with Crippen LogP contribution in [0.1, 0.15) is 37.1 Å². The average molecular weight is 289 g/mol. The van der Waals surface area contributed by atoms with E-state index in [-0.39, 0.29) is 0 Å². The molecule has 20 heavy (non-hydrogen) atoms. The minimum Gasteiger partial charge on any atom is -0.310 e. The number of rotatable bonds is 5. The molecule has 3 nitrogen and oxygen atoms in total. The number of aromatic nitrogens is 2. The summed E-state index contributed by atoms with van der Waals surface area (Å²) in [5, 5.41) is 3.67. The first-order chi connectivity index (χ1) is 9.74. The summed E-state index contributed by atoms with van der Waals surface area (Å²) in [7, 11) is 0. The molecule has 3 rings (SSSR count). The van der Waals surface area contributed by atoms with Gasteiger partial charge in [-0.05, 0) is 38.2 Å². The van der Waals surface area contributed by atoms with Crippen LogP contribution in [0.3, 0.4) is 0 Å². The van der Waals surface area contributed by atoms with Gasteiger partial charge in [0, 0.05) is 24.0 Å². The highest BCUT2D eigenvalue weighted by molar-refractivity contribution is 8.00. The van der Waals surface area contributed by atoms with Crippen LogP contribution in [0.2, 0.25) is 0 Å². The molecule has 0 spiro atoms. The van der Waals surface area contributed by atoms with E-state index in [4.69, 9.17) is 0 Å². The number of imidazole rings is 1. The Hall–Kier alpha value is -1.00. The van der Waals surface area contributed by atoms with E-state index in [0.29, 0.717) is 4.75 Å². The van der Waals surface area contributed by atoms with Gasteiger partial charge in [-0.25, -0.2) is 4.98 Å². The quantitative estimate of drug-likeness (QED) is 0.914. The van der Waals surface area contributed by atoms with E-state index in [9.17, 15) is 0 Å². The smallest absolute Gasteiger partial charge is 0.137 e. The lowest BCUT2D eigenvalue weighted by Gasteiger charge is -2.27. The number of hydrogen-bond acceptors (Lipinski definition) is 3. The molecule has 0 atom stereocenters. The number of fused-ring (bicyclic) bond motifs is 1. The second-order valence-electron chi connectivity index (χ2n) is 5.77. The highest BCUT2D eigenvalue weighted by Crippen LogP contribution is 2.39. The van der Waals surface area contributed by atoms with Crippen molar-refractivity contribution in [2.75, 3.05) is 12.8 Å². The molecule has 1 saturated carbocycles. The van der Waals surface area contributed by atoms with E-state index in [1.165, 1.54) is 31.4 Å². The van der Waals surface area contributed by atoms with Crippen molar-refractivity contribution in [3.63, 3.8) is 0 Å². The maximum Gasteiger partial charge on any atom is 0.137 e. The second-order valence-corrected chi connectivity index (χ2v) is 7.04. The van der Waals surface area contributed by atoms with Gasteiger partial charge < -0.3 is 9.72 Å². The largest absolute Gasteiger partial charge is 0.310 e. The van der Waals surface area contributed by atoms with E-state index in [0.717, 1.165) is 24.4 Å². The van der Waals surface area contributed by atoms with Gasteiger partial charge in [-0.1, -0.05) is 18.9 Å². The fourth-order valence-electron chi connectivity index (χ4n) is 3.26. The number of thioether (sulfide) groups is 1. The van der Waals surface area contributed by atoms with Crippen molar-refractivity contribution in [2.45, 2.75) is 43.9 Å². The molecular formula is C16H23N3S. The normalized spacial score (nSPS) is 17.9. The Balaban J connectivity index is 1.69. The zero-order valence-corrected chi connectivity index (χ0v) is 13.2. The highest BCUT2D eigenvalue weighted by atomic mass is 32.2. The molecule has 0 radical (unpaired) electrons. The number of hydrogen-bond donors (Lipinski definition) is 1. The molecule has 2 heterocycles. The van der Waals surface area contributed by atoms with Crippen LogP contribution in [0.5, 0.6) is 0 Å². The van der Waals surface area contributed by atoms with Crippen LogP contribution in [0.4, 0.5) is 0 Å². The van der Waals surface area contributed by atoms with Crippen molar-refractivity contribution >= 4 is 17.4 Å². The van der Waals surface area contributed by atoms with Crippen molar-refractivity contribution < 1.29 is 0 Å². The van der Waals surface area contributed by atoms with E-state index < -0.39 is 0 Å². The van der Waals surface area contributed by atoms with Crippen LogP contribution >= 0.6 is 11.8 Å². The number of aryl methyl sites for hydroxylation is 1. The summed E-state index contributed by atoms with van der Waals surface area (Å²) < 4.78 is 2.66. The minimum atomic E-state index is 0.467. The van der Waals surface area contributed by atoms with Crippen molar-refractivity contribution in [1.82, 2.24) is 14.7 Å². The van der Waals surface area contributed by atoms with E-state index in [1.54, 1.807) is 0 Å². The van der Waals surface area contributed by atoms with Gasteiger partial charge in [0.15, 0.2) is 0 Å². The SMILES string of the molecule is CSC1(CNCc2c(C)nc3ccccn23)CCCC1. The lowest BCUT2D eigenvalue weighted by atomic mass is 10.1. The van der Waals surface area contributed by atoms with Crippen molar-refractivity contribution in [3.8, 4) is 0 Å². The molecule has 0 bridgehead atoms. The van der Waals surface area contributed by atoms with Crippen molar-refractivity contribution in [1.29, 1.82) is 0 Å². The summed E-state index contributed by atoms with van der Waals surface area (Å²) in [6, 6.07) is 6.18. The molecule has 1 aliphatic rings. The lowest BCUT2D eigenvalue weighted by Crippen LogP contribution is -2.35. The maximum absolute atomic E-state index is 4.62. The van der Waals surface area contributed by atoms with Crippen molar-refractivity contribution in [3.05, 3.63) is 35.8 Å². The number of pyridine rings is 1. The van der Waals surface area contributed by atoms with Gasteiger partial charge in [0.05, 0.1) is 11.4 Å². The summed E-state index contributed by atoms with van der Waals surface area (Å²) >= 11 is 2.04. The fraction of sp³-hybridized carbons (Fsp3) is 0.562. The van der Waals surface area contributed by atoms with Gasteiger partial charge in [-0.2, -0.15) is 11.8 Å². The molecule has 0 aromatic carbocycles. The molecular weight excluding hydrogens is 266 g/mol. The monoisotopic (exact) mass is 289 g/mol. The van der Waals surface area contributed by atoms with Crippen LogP contribution < -0.4 is 5.32 Å². The van der Waals surface area contributed by atoms with E-state index >= 15 is 0 Å². The Morgan fingerprint density at radius 1 is 1.35 bits per heavy atom. The molecule has 2 aromatic heterocycles. The molecule has 1 aliphatic carbocycles. The zero-order chi connectivity index (χ0) is 14.0. The second kappa shape index (κ2) is 5.78. The Labute approximate surface area is 125 Å². The lowest BCUT2D eigenvalue weighted by molar-refractivity contribution is 0.529. The molecule has 4 heteroatoms. The summed E-state index contributed by atoms with van der Waals surface area (Å²) in [5.74, 6) is 0. The van der Waals surface area contributed by atoms with Crippen LogP contribution in [-0.2, 0) is 6.54 Å². The standard InChI is InChI=1S/C16H23N3S/c1-13-14(19-10-6-3-7-15(19)18-13)11-17-12-16(20-2)8-4-5-9-16/h3,6-7,10,17H,4-5,8-9,11-12H2,1-2H3. The Morgan fingerprint density at radius 2 is 2.15 bits per heavy atom. The van der Waals surface area contributed by atoms with Gasteiger partial charge in [0.2, 0.25) is 0 Å². The van der Waals surface area contributed by atoms with Gasteiger partial charge in [-0.3, -0.25) is 0 Å². The van der Waals surface area contributed by atoms with Crippen LogP contribution in [0.25, 0.3) is 5.65 Å². The maximum atomic E-state index is 4.62. The predicted molar refractivity (Wildman–Crippen MR) is 86.3 cm³/mol. The first-order valence-corrected chi connectivity index (χ1v) is 8.65. The summed E-state index contributed by atoms with van der Waals surface area (Å²) in [6.07, 6.45) is 9.84. The van der Waals surface area contributed by atoms with Crippen LogP contribution in [0.15, 0.2) is 24.4 Å². The Morgan fingerprint density at radius 3 is 2.90 bits per heavy atom. The van der Waals surface area contributed by atoms with E-state index in [1.807, 2.05) is 17.8 Å². The van der Waals surface area contributed by atoms with Crippen molar-refractivity contribution in [2.24, 2.45) is 0 Å². The fourth-order valence-corrected chi connectivity index (χ4v) is 4.20. The van der Waals surface area contributed by atoms with Gasteiger partial charge in [0.1, 0.15) is 5.65 Å². The topological polar surface area (TPSA) is 29.3 Å². The third-order valence-corrected chi connectivity index (χ3v) is 5.94. The minimum absolute atomic E-state index is 0.467.